The molecule has 0 aliphatic heterocycles. The summed E-state index contributed by atoms with van der Waals surface area (Å²) in [5.74, 6) is 0. The van der Waals surface area contributed by atoms with Gasteiger partial charge in [-0.05, 0) is 127 Å². The van der Waals surface area contributed by atoms with E-state index in [1.807, 2.05) is 12.1 Å². The van der Waals surface area contributed by atoms with Crippen molar-refractivity contribution in [2.75, 3.05) is 4.90 Å². The minimum Gasteiger partial charge on any atom is -0.455 e. The lowest BCUT2D eigenvalue weighted by atomic mass is 9.94. The van der Waals surface area contributed by atoms with Crippen molar-refractivity contribution >= 4 is 49.8 Å². The minimum absolute atomic E-state index is 0.901. The molecule has 0 N–H and O–H groups in total. The summed E-state index contributed by atoms with van der Waals surface area (Å²) in [6.45, 7) is 0. The van der Waals surface area contributed by atoms with Gasteiger partial charge in [0.1, 0.15) is 11.2 Å². The Kier molecular flexibility index (Phi) is 9.89. The molecule has 0 aliphatic carbocycles. The Morgan fingerprint density at radius 3 is 1.47 bits per heavy atom. The Hall–Kier alpha value is -8.72. The molecule has 12 rings (SSSR count). The fraction of sp³-hybridized carbons (Fsp3) is 0. The maximum absolute atomic E-state index is 6.45. The Balaban J connectivity index is 0.888. The van der Waals surface area contributed by atoms with Crippen molar-refractivity contribution in [1.29, 1.82) is 0 Å². The number of hydrogen-bond donors (Lipinski definition) is 0. The minimum atomic E-state index is 0.901. The summed E-state index contributed by atoms with van der Waals surface area (Å²) >= 11 is 0. The smallest absolute Gasteiger partial charge is 0.143 e. The van der Waals surface area contributed by atoms with E-state index < -0.39 is 0 Å². The van der Waals surface area contributed by atoms with Crippen molar-refractivity contribution in [3.63, 3.8) is 0 Å². The summed E-state index contributed by atoms with van der Waals surface area (Å²) < 4.78 is 6.45. The quantitative estimate of drug-likeness (QED) is 0.144. The van der Waals surface area contributed by atoms with Gasteiger partial charge in [0.25, 0.3) is 0 Å². The molecule has 12 aromatic rings. The van der Waals surface area contributed by atoms with Crippen LogP contribution in [0.2, 0.25) is 0 Å². The molecule has 0 amide bonds. The van der Waals surface area contributed by atoms with E-state index in [1.54, 1.807) is 0 Å². The van der Waals surface area contributed by atoms with E-state index in [0.29, 0.717) is 0 Å². The summed E-state index contributed by atoms with van der Waals surface area (Å²) in [6, 6.07) is 93.8. The van der Waals surface area contributed by atoms with Gasteiger partial charge in [-0.3, -0.25) is 0 Å². The number of nitrogens with zero attached hydrogens (tertiary/aromatic N) is 1. The maximum atomic E-state index is 6.45. The first kappa shape index (κ1) is 38.9. The third-order valence-electron chi connectivity index (χ3n) is 12.9. The van der Waals surface area contributed by atoms with Crippen LogP contribution >= 0.6 is 0 Å². The van der Waals surface area contributed by atoms with Gasteiger partial charge in [-0.2, -0.15) is 0 Å². The van der Waals surface area contributed by atoms with Crippen LogP contribution in [0.5, 0.6) is 0 Å². The number of benzene rings is 11. The molecule has 0 radical (unpaired) electrons. The van der Waals surface area contributed by atoms with Crippen molar-refractivity contribution < 1.29 is 4.42 Å². The van der Waals surface area contributed by atoms with Crippen LogP contribution in [0.3, 0.4) is 0 Å². The molecular formula is C64H43NO. The molecule has 2 heteroatoms. The Morgan fingerprint density at radius 1 is 0.242 bits per heavy atom. The summed E-state index contributed by atoms with van der Waals surface area (Å²) in [6.07, 6.45) is 0. The summed E-state index contributed by atoms with van der Waals surface area (Å²) in [5.41, 5.74) is 19.1. The topological polar surface area (TPSA) is 16.4 Å². The third-order valence-corrected chi connectivity index (χ3v) is 12.9. The van der Waals surface area contributed by atoms with E-state index in [9.17, 15) is 0 Å². The molecule has 0 unspecified atom stereocenters. The first-order chi connectivity index (χ1) is 32.7. The molecular weight excluding hydrogens is 799 g/mol. The van der Waals surface area contributed by atoms with E-state index in [4.69, 9.17) is 4.42 Å². The monoisotopic (exact) mass is 841 g/mol. The molecule has 66 heavy (non-hydrogen) atoms. The average molecular weight is 842 g/mol. The molecule has 0 aliphatic rings. The van der Waals surface area contributed by atoms with E-state index >= 15 is 0 Å². The summed E-state index contributed by atoms with van der Waals surface area (Å²) in [7, 11) is 0. The molecule has 0 spiro atoms. The summed E-state index contributed by atoms with van der Waals surface area (Å²) in [4.78, 5) is 2.36. The fourth-order valence-electron chi connectivity index (χ4n) is 9.53. The van der Waals surface area contributed by atoms with Crippen molar-refractivity contribution in [2.45, 2.75) is 0 Å². The predicted molar refractivity (Wildman–Crippen MR) is 279 cm³/mol. The third kappa shape index (κ3) is 7.31. The lowest BCUT2D eigenvalue weighted by molar-refractivity contribution is 0.670. The fourth-order valence-corrected chi connectivity index (χ4v) is 9.53. The van der Waals surface area contributed by atoms with Gasteiger partial charge in [-0.25, -0.2) is 0 Å². The molecule has 0 fully saturated rings. The molecule has 11 aromatic carbocycles. The summed E-state index contributed by atoms with van der Waals surface area (Å²) in [5, 5.41) is 4.77. The zero-order valence-electron chi connectivity index (χ0n) is 36.2. The van der Waals surface area contributed by atoms with E-state index in [-0.39, 0.29) is 0 Å². The molecule has 1 heterocycles. The lowest BCUT2D eigenvalue weighted by Crippen LogP contribution is -2.10. The Morgan fingerprint density at radius 2 is 0.712 bits per heavy atom. The van der Waals surface area contributed by atoms with Crippen molar-refractivity contribution in [2.24, 2.45) is 0 Å². The number of anilines is 3. The van der Waals surface area contributed by atoms with E-state index in [0.717, 1.165) is 61.3 Å². The van der Waals surface area contributed by atoms with Gasteiger partial charge in [0.2, 0.25) is 0 Å². The number of furan rings is 1. The first-order valence-electron chi connectivity index (χ1n) is 22.6. The van der Waals surface area contributed by atoms with Gasteiger partial charge in [0.05, 0.1) is 0 Å². The molecule has 0 saturated heterocycles. The van der Waals surface area contributed by atoms with Crippen molar-refractivity contribution in [3.8, 4) is 66.8 Å². The maximum Gasteiger partial charge on any atom is 0.143 e. The highest BCUT2D eigenvalue weighted by Crippen LogP contribution is 2.42. The normalized spacial score (nSPS) is 11.3. The lowest BCUT2D eigenvalue weighted by Gasteiger charge is -2.26. The van der Waals surface area contributed by atoms with Crippen LogP contribution in [0.15, 0.2) is 265 Å². The van der Waals surface area contributed by atoms with Gasteiger partial charge in [-0.1, -0.05) is 206 Å². The highest BCUT2D eigenvalue weighted by molar-refractivity contribution is 6.09. The largest absolute Gasteiger partial charge is 0.455 e. The van der Waals surface area contributed by atoms with Crippen LogP contribution in [0, 0.1) is 0 Å². The Labute approximate surface area is 384 Å². The molecule has 0 bridgehead atoms. The predicted octanol–water partition coefficient (Wildman–Crippen LogP) is 18.2. The van der Waals surface area contributed by atoms with Crippen LogP contribution in [0.25, 0.3) is 99.5 Å². The standard InChI is InChI=1S/C64H43NO/c1-2-14-48(15-3-1)58-21-6-7-22-59(58)54-19-11-20-57(43-54)65(56-39-35-49(36-40-56)60-24-12-25-62-61-23-8-9-26-63(61)66-64(60)62)55-37-33-46(34-38-55)45-27-29-47(30-28-45)51-17-10-18-52(41-51)53-32-31-44-13-4-5-16-50(44)42-53/h1-43H. The van der Waals surface area contributed by atoms with Gasteiger partial charge in [0.15, 0.2) is 0 Å². The van der Waals surface area contributed by atoms with Gasteiger partial charge < -0.3 is 9.32 Å². The molecule has 0 atom stereocenters. The zero-order valence-corrected chi connectivity index (χ0v) is 36.2. The van der Waals surface area contributed by atoms with Crippen LogP contribution in [0.4, 0.5) is 17.1 Å². The van der Waals surface area contributed by atoms with Gasteiger partial charge in [0, 0.05) is 33.4 Å². The molecule has 0 saturated carbocycles. The van der Waals surface area contributed by atoms with E-state index in [1.165, 1.54) is 55.3 Å². The Bertz CT molecular complexity index is 3680. The average Bonchev–Trinajstić information content (AvgIpc) is 3.79. The second kappa shape index (κ2) is 16.8. The zero-order chi connectivity index (χ0) is 43.8. The molecule has 310 valence electrons. The van der Waals surface area contributed by atoms with Crippen molar-refractivity contribution in [1.82, 2.24) is 0 Å². The van der Waals surface area contributed by atoms with Crippen LogP contribution < -0.4 is 4.90 Å². The highest BCUT2D eigenvalue weighted by Gasteiger charge is 2.17. The first-order valence-corrected chi connectivity index (χ1v) is 22.6. The van der Waals surface area contributed by atoms with Gasteiger partial charge in [-0.15, -0.1) is 0 Å². The highest BCUT2D eigenvalue weighted by atomic mass is 16.3. The SMILES string of the molecule is c1ccc(-c2ccccc2-c2cccc(N(c3ccc(-c4ccc(-c5cccc(-c6ccc7ccccc7c6)c5)cc4)cc3)c3ccc(-c4cccc5c4oc4ccccc45)cc3)c2)cc1. The number of para-hydroxylation sites is 2. The molecule has 1 aromatic heterocycles. The second-order valence-electron chi connectivity index (χ2n) is 16.9. The molecule has 2 nitrogen and oxygen atoms in total. The number of rotatable bonds is 9. The number of fused-ring (bicyclic) bond motifs is 4. The van der Waals surface area contributed by atoms with Crippen molar-refractivity contribution in [3.05, 3.63) is 261 Å². The van der Waals surface area contributed by atoms with Crippen LogP contribution in [-0.2, 0) is 0 Å². The van der Waals surface area contributed by atoms with Crippen LogP contribution in [-0.4, -0.2) is 0 Å². The second-order valence-corrected chi connectivity index (χ2v) is 16.9. The van der Waals surface area contributed by atoms with Gasteiger partial charge >= 0.3 is 0 Å². The number of hydrogen-bond acceptors (Lipinski definition) is 2. The van der Waals surface area contributed by atoms with Crippen LogP contribution in [0.1, 0.15) is 0 Å². The van der Waals surface area contributed by atoms with E-state index in [2.05, 4.69) is 254 Å².